The molecule has 4 N–H and O–H groups in total. The lowest BCUT2D eigenvalue weighted by Gasteiger charge is -2.07. The predicted molar refractivity (Wildman–Crippen MR) is 97.9 cm³/mol. The van der Waals surface area contributed by atoms with Gasteiger partial charge in [-0.25, -0.2) is 13.6 Å². The van der Waals surface area contributed by atoms with Crippen LogP contribution in [-0.4, -0.2) is 31.1 Å². The third kappa shape index (κ3) is 4.35. The molecule has 7 nitrogen and oxygen atoms in total. The summed E-state index contributed by atoms with van der Waals surface area (Å²) in [5.41, 5.74) is 3.32. The van der Waals surface area contributed by atoms with E-state index in [0.717, 1.165) is 16.8 Å². The van der Waals surface area contributed by atoms with Crippen molar-refractivity contribution in [2.75, 3.05) is 6.54 Å². The van der Waals surface area contributed by atoms with Gasteiger partial charge < -0.3 is 5.32 Å². The molecular weight excluding hydrogens is 352 g/mol. The number of benzene rings is 2. The average molecular weight is 370 g/mol. The van der Waals surface area contributed by atoms with Crippen molar-refractivity contribution >= 4 is 15.9 Å². The maximum Gasteiger partial charge on any atom is 0.251 e. The third-order valence-corrected chi connectivity index (χ3v) is 4.84. The number of amides is 1. The van der Waals surface area contributed by atoms with E-state index in [0.29, 0.717) is 18.5 Å². The second-order valence-corrected chi connectivity index (χ2v) is 7.30. The number of H-pyrrole nitrogens is 1. The zero-order valence-electron chi connectivity index (χ0n) is 13.8. The normalized spacial score (nSPS) is 11.3. The SMILES string of the molecule is NS(=O)(=O)c1ccc(CCNC(=O)c2ccc(-c3ccn[nH]3)cc2)cc1. The van der Waals surface area contributed by atoms with Crippen LogP contribution in [0.3, 0.4) is 0 Å². The summed E-state index contributed by atoms with van der Waals surface area (Å²) in [7, 11) is -3.69. The molecule has 0 bridgehead atoms. The highest BCUT2D eigenvalue weighted by Gasteiger charge is 2.08. The molecule has 0 aliphatic carbocycles. The fraction of sp³-hybridized carbons (Fsp3) is 0.111. The number of carbonyl (C=O) groups excluding carboxylic acids is 1. The molecule has 8 heteroatoms. The number of hydrogen-bond acceptors (Lipinski definition) is 4. The maximum atomic E-state index is 12.2. The van der Waals surface area contributed by atoms with Crippen molar-refractivity contribution < 1.29 is 13.2 Å². The van der Waals surface area contributed by atoms with Crippen molar-refractivity contribution in [2.24, 2.45) is 5.14 Å². The summed E-state index contributed by atoms with van der Waals surface area (Å²) < 4.78 is 22.4. The lowest BCUT2D eigenvalue weighted by Crippen LogP contribution is -2.25. The number of nitrogens with two attached hydrogens (primary N) is 1. The molecule has 0 atom stereocenters. The number of aromatic amines is 1. The van der Waals surface area contributed by atoms with Gasteiger partial charge in [-0.1, -0.05) is 24.3 Å². The first-order valence-electron chi connectivity index (χ1n) is 7.93. The second-order valence-electron chi connectivity index (χ2n) is 5.74. The van der Waals surface area contributed by atoms with Gasteiger partial charge in [-0.3, -0.25) is 9.89 Å². The van der Waals surface area contributed by atoms with E-state index in [9.17, 15) is 13.2 Å². The van der Waals surface area contributed by atoms with Crippen LogP contribution < -0.4 is 10.5 Å². The van der Waals surface area contributed by atoms with E-state index in [2.05, 4.69) is 15.5 Å². The van der Waals surface area contributed by atoms with E-state index in [1.807, 2.05) is 18.2 Å². The number of sulfonamides is 1. The molecular formula is C18H18N4O3S. The Morgan fingerprint density at radius 1 is 1.04 bits per heavy atom. The Balaban J connectivity index is 1.54. The van der Waals surface area contributed by atoms with E-state index >= 15 is 0 Å². The number of carbonyl (C=O) groups is 1. The van der Waals surface area contributed by atoms with E-state index in [-0.39, 0.29) is 10.8 Å². The van der Waals surface area contributed by atoms with Gasteiger partial charge >= 0.3 is 0 Å². The molecule has 1 aromatic heterocycles. The molecule has 0 radical (unpaired) electrons. The number of hydrogen-bond donors (Lipinski definition) is 3. The molecule has 0 saturated heterocycles. The summed E-state index contributed by atoms with van der Waals surface area (Å²) in [6, 6.07) is 15.4. The van der Waals surface area contributed by atoms with Gasteiger partial charge in [-0.05, 0) is 47.9 Å². The van der Waals surface area contributed by atoms with E-state index in [1.54, 1.807) is 30.5 Å². The number of nitrogens with one attached hydrogen (secondary N) is 2. The molecule has 1 heterocycles. The number of rotatable bonds is 6. The van der Waals surface area contributed by atoms with Crippen LogP contribution in [0.4, 0.5) is 0 Å². The van der Waals surface area contributed by atoms with Gasteiger partial charge in [-0.2, -0.15) is 5.10 Å². The van der Waals surface area contributed by atoms with Crippen molar-refractivity contribution in [2.45, 2.75) is 11.3 Å². The fourth-order valence-electron chi connectivity index (χ4n) is 2.49. The van der Waals surface area contributed by atoms with Crippen LogP contribution in [0, 0.1) is 0 Å². The van der Waals surface area contributed by atoms with Crippen molar-refractivity contribution in [3.63, 3.8) is 0 Å². The predicted octanol–water partition coefficient (Wildman–Crippen LogP) is 1.70. The molecule has 0 fully saturated rings. The Morgan fingerprint density at radius 3 is 2.31 bits per heavy atom. The minimum atomic E-state index is -3.69. The molecule has 134 valence electrons. The Morgan fingerprint density at radius 2 is 1.73 bits per heavy atom. The molecule has 0 saturated carbocycles. The van der Waals surface area contributed by atoms with E-state index < -0.39 is 10.0 Å². The Bertz CT molecular complexity index is 980. The van der Waals surface area contributed by atoms with Gasteiger partial charge in [0.1, 0.15) is 0 Å². The number of nitrogens with zero attached hydrogens (tertiary/aromatic N) is 1. The van der Waals surface area contributed by atoms with Crippen molar-refractivity contribution in [1.29, 1.82) is 0 Å². The van der Waals surface area contributed by atoms with Crippen LogP contribution in [0.25, 0.3) is 11.3 Å². The molecule has 0 aliphatic heterocycles. The zero-order chi connectivity index (χ0) is 18.6. The van der Waals surface area contributed by atoms with Crippen molar-refractivity contribution in [3.05, 3.63) is 71.9 Å². The quantitative estimate of drug-likeness (QED) is 0.612. The topological polar surface area (TPSA) is 118 Å². The largest absolute Gasteiger partial charge is 0.352 e. The minimum absolute atomic E-state index is 0.0719. The van der Waals surface area contributed by atoms with Crippen LogP contribution in [-0.2, 0) is 16.4 Å². The van der Waals surface area contributed by atoms with Gasteiger partial charge in [0, 0.05) is 18.3 Å². The third-order valence-electron chi connectivity index (χ3n) is 3.91. The van der Waals surface area contributed by atoms with Gasteiger partial charge in [0.25, 0.3) is 5.91 Å². The van der Waals surface area contributed by atoms with E-state index in [4.69, 9.17) is 5.14 Å². The molecule has 3 rings (SSSR count). The minimum Gasteiger partial charge on any atom is -0.352 e. The van der Waals surface area contributed by atoms with E-state index in [1.165, 1.54) is 12.1 Å². The Kier molecular flexibility index (Phi) is 5.15. The first kappa shape index (κ1) is 17.8. The summed E-state index contributed by atoms with van der Waals surface area (Å²) in [4.78, 5) is 12.3. The summed E-state index contributed by atoms with van der Waals surface area (Å²) >= 11 is 0. The molecule has 0 aliphatic rings. The number of primary sulfonamides is 1. The van der Waals surface area contributed by atoms with Crippen LogP contribution in [0.15, 0.2) is 65.7 Å². The smallest absolute Gasteiger partial charge is 0.251 e. The summed E-state index contributed by atoms with van der Waals surface area (Å²) in [5, 5.41) is 14.7. The first-order chi connectivity index (χ1) is 12.4. The van der Waals surface area contributed by atoms with Gasteiger partial charge in [0.2, 0.25) is 10.0 Å². The molecule has 3 aromatic rings. The zero-order valence-corrected chi connectivity index (χ0v) is 14.7. The number of aromatic nitrogens is 2. The highest BCUT2D eigenvalue weighted by Crippen LogP contribution is 2.16. The Labute approximate surface area is 151 Å². The monoisotopic (exact) mass is 370 g/mol. The maximum absolute atomic E-state index is 12.2. The van der Waals surface area contributed by atoms with Gasteiger partial charge in [-0.15, -0.1) is 0 Å². The Hall–Kier alpha value is -2.97. The molecule has 0 unspecified atom stereocenters. The van der Waals surface area contributed by atoms with Gasteiger partial charge in [0.05, 0.1) is 10.6 Å². The highest BCUT2D eigenvalue weighted by molar-refractivity contribution is 7.89. The standard InChI is InChI=1S/C18H18N4O3S/c19-26(24,25)16-7-1-13(2-8-16)9-11-20-18(23)15-5-3-14(4-6-15)17-10-12-21-22-17/h1-8,10,12H,9,11H2,(H,20,23)(H,21,22)(H2,19,24,25). The van der Waals surface area contributed by atoms with Crippen LogP contribution in [0.5, 0.6) is 0 Å². The first-order valence-corrected chi connectivity index (χ1v) is 9.48. The molecule has 2 aromatic carbocycles. The lowest BCUT2D eigenvalue weighted by molar-refractivity contribution is 0.0954. The van der Waals surface area contributed by atoms with Crippen molar-refractivity contribution in [1.82, 2.24) is 15.5 Å². The summed E-state index contributed by atoms with van der Waals surface area (Å²) in [5.74, 6) is -0.165. The molecule has 26 heavy (non-hydrogen) atoms. The van der Waals surface area contributed by atoms with Crippen LogP contribution >= 0.6 is 0 Å². The van der Waals surface area contributed by atoms with Crippen LogP contribution in [0.1, 0.15) is 15.9 Å². The summed E-state index contributed by atoms with van der Waals surface area (Å²) in [6.45, 7) is 0.440. The summed E-state index contributed by atoms with van der Waals surface area (Å²) in [6.07, 6.45) is 2.26. The van der Waals surface area contributed by atoms with Gasteiger partial charge in [0.15, 0.2) is 0 Å². The molecule has 0 spiro atoms. The van der Waals surface area contributed by atoms with Crippen LogP contribution in [0.2, 0.25) is 0 Å². The average Bonchev–Trinajstić information content (AvgIpc) is 3.16. The molecule has 1 amide bonds. The lowest BCUT2D eigenvalue weighted by atomic mass is 10.1. The fourth-order valence-corrected chi connectivity index (χ4v) is 3.00. The second kappa shape index (κ2) is 7.51. The van der Waals surface area contributed by atoms with Crippen molar-refractivity contribution in [3.8, 4) is 11.3 Å². The highest BCUT2D eigenvalue weighted by atomic mass is 32.2.